The van der Waals surface area contributed by atoms with Gasteiger partial charge in [0, 0.05) is 13.2 Å². The van der Waals surface area contributed by atoms with Crippen molar-refractivity contribution < 1.29 is 9.53 Å². The molecule has 0 fully saturated rings. The highest BCUT2D eigenvalue weighted by atomic mass is 16.5. The fraction of sp³-hybridized carbons (Fsp3) is 0.917. The van der Waals surface area contributed by atoms with Crippen molar-refractivity contribution in [3.05, 3.63) is 0 Å². The molecule has 96 valence electrons. The maximum Gasteiger partial charge on any atom is 0.237 e. The van der Waals surface area contributed by atoms with Gasteiger partial charge in [-0.1, -0.05) is 27.2 Å². The minimum absolute atomic E-state index is 0.0761. The highest BCUT2D eigenvalue weighted by Crippen LogP contribution is 2.02. The van der Waals surface area contributed by atoms with E-state index in [2.05, 4.69) is 26.1 Å². The molecule has 0 aliphatic heterocycles. The number of rotatable bonds is 9. The Kier molecular flexibility index (Phi) is 9.24. The molecular formula is C12H26N2O2. The molecule has 0 aromatic heterocycles. The third-order valence-electron chi connectivity index (χ3n) is 2.25. The zero-order valence-electron chi connectivity index (χ0n) is 10.8. The Balaban J connectivity index is 3.42. The van der Waals surface area contributed by atoms with E-state index in [-0.39, 0.29) is 5.91 Å². The van der Waals surface area contributed by atoms with Crippen molar-refractivity contribution in [3.8, 4) is 0 Å². The summed E-state index contributed by atoms with van der Waals surface area (Å²) in [5.41, 5.74) is 5.73. The summed E-state index contributed by atoms with van der Waals surface area (Å²) >= 11 is 0. The second kappa shape index (κ2) is 9.60. The Labute approximate surface area is 98.9 Å². The van der Waals surface area contributed by atoms with Crippen molar-refractivity contribution in [2.24, 2.45) is 11.7 Å². The predicted molar refractivity (Wildman–Crippen MR) is 66.2 cm³/mol. The van der Waals surface area contributed by atoms with E-state index in [1.54, 1.807) is 0 Å². The zero-order chi connectivity index (χ0) is 12.4. The molecule has 0 heterocycles. The average molecular weight is 230 g/mol. The Bertz CT molecular complexity index is 184. The summed E-state index contributed by atoms with van der Waals surface area (Å²) < 4.78 is 5.33. The van der Waals surface area contributed by atoms with Gasteiger partial charge in [-0.2, -0.15) is 0 Å². The van der Waals surface area contributed by atoms with Crippen LogP contribution in [0, 0.1) is 5.92 Å². The van der Waals surface area contributed by atoms with Crippen molar-refractivity contribution in [1.82, 2.24) is 5.32 Å². The molecule has 4 nitrogen and oxygen atoms in total. The molecule has 4 heteroatoms. The highest BCUT2D eigenvalue weighted by Gasteiger charge is 2.13. The van der Waals surface area contributed by atoms with Gasteiger partial charge in [-0.05, 0) is 18.8 Å². The van der Waals surface area contributed by atoms with Gasteiger partial charge in [0.15, 0.2) is 0 Å². The van der Waals surface area contributed by atoms with E-state index in [9.17, 15) is 4.79 Å². The number of amides is 1. The highest BCUT2D eigenvalue weighted by molar-refractivity contribution is 5.81. The van der Waals surface area contributed by atoms with E-state index in [1.165, 1.54) is 0 Å². The fourth-order valence-electron chi connectivity index (χ4n) is 1.34. The molecule has 0 radical (unpaired) electrons. The zero-order valence-corrected chi connectivity index (χ0v) is 10.8. The van der Waals surface area contributed by atoms with Crippen molar-refractivity contribution in [1.29, 1.82) is 0 Å². The topological polar surface area (TPSA) is 64.3 Å². The first-order valence-electron chi connectivity index (χ1n) is 6.19. The van der Waals surface area contributed by atoms with Crippen LogP contribution in [0.5, 0.6) is 0 Å². The van der Waals surface area contributed by atoms with Crippen LogP contribution < -0.4 is 11.1 Å². The van der Waals surface area contributed by atoms with Crippen LogP contribution in [-0.4, -0.2) is 31.7 Å². The van der Waals surface area contributed by atoms with E-state index in [1.807, 2.05) is 0 Å². The Morgan fingerprint density at radius 2 is 2.06 bits per heavy atom. The monoisotopic (exact) mass is 230 g/mol. The van der Waals surface area contributed by atoms with Gasteiger partial charge in [-0.15, -0.1) is 0 Å². The molecule has 0 aliphatic carbocycles. The van der Waals surface area contributed by atoms with Crippen molar-refractivity contribution >= 4 is 5.91 Å². The van der Waals surface area contributed by atoms with Gasteiger partial charge in [0.25, 0.3) is 0 Å². The summed E-state index contributed by atoms with van der Waals surface area (Å²) in [4.78, 5) is 11.5. The Hall–Kier alpha value is -0.610. The molecule has 1 atom stereocenters. The van der Waals surface area contributed by atoms with Crippen LogP contribution in [0.15, 0.2) is 0 Å². The van der Waals surface area contributed by atoms with Crippen LogP contribution in [0.3, 0.4) is 0 Å². The molecule has 0 rings (SSSR count). The van der Waals surface area contributed by atoms with Crippen LogP contribution in [0.1, 0.15) is 40.0 Å². The molecule has 0 bridgehead atoms. The number of unbranched alkanes of at least 4 members (excludes halogenated alkanes) is 1. The molecular weight excluding hydrogens is 204 g/mol. The SMILES string of the molecule is CCCCOCCNC(=O)[C@@H](N)CC(C)C. The minimum Gasteiger partial charge on any atom is -0.380 e. The third-order valence-corrected chi connectivity index (χ3v) is 2.25. The third kappa shape index (κ3) is 8.68. The van der Waals surface area contributed by atoms with Crippen molar-refractivity contribution in [2.45, 2.75) is 46.1 Å². The quantitative estimate of drug-likeness (QED) is 0.587. The van der Waals surface area contributed by atoms with Crippen LogP contribution in [0.25, 0.3) is 0 Å². The maximum absolute atomic E-state index is 11.5. The molecule has 0 aromatic carbocycles. The molecule has 0 aliphatic rings. The number of ether oxygens (including phenoxy) is 1. The smallest absolute Gasteiger partial charge is 0.237 e. The molecule has 3 N–H and O–H groups in total. The molecule has 0 saturated carbocycles. The van der Waals surface area contributed by atoms with Gasteiger partial charge in [-0.25, -0.2) is 0 Å². The van der Waals surface area contributed by atoms with Gasteiger partial charge in [0.1, 0.15) is 0 Å². The Morgan fingerprint density at radius 1 is 1.38 bits per heavy atom. The number of nitrogens with two attached hydrogens (primary N) is 1. The normalized spacial score (nSPS) is 12.8. The lowest BCUT2D eigenvalue weighted by atomic mass is 10.0. The standard InChI is InChI=1S/C12H26N2O2/c1-4-5-7-16-8-6-14-12(15)11(13)9-10(2)3/h10-11H,4-9,13H2,1-3H3,(H,14,15)/t11-/m0/s1. The van der Waals surface area contributed by atoms with Gasteiger partial charge in [-0.3, -0.25) is 4.79 Å². The van der Waals surface area contributed by atoms with Crippen LogP contribution in [0.4, 0.5) is 0 Å². The first kappa shape index (κ1) is 15.4. The lowest BCUT2D eigenvalue weighted by Gasteiger charge is -2.14. The molecule has 0 saturated heterocycles. The molecule has 0 aromatic rings. The van der Waals surface area contributed by atoms with E-state index in [4.69, 9.17) is 10.5 Å². The minimum atomic E-state index is -0.393. The summed E-state index contributed by atoms with van der Waals surface area (Å²) in [6.07, 6.45) is 2.93. The molecule has 0 unspecified atom stereocenters. The van der Waals surface area contributed by atoms with E-state index >= 15 is 0 Å². The number of carbonyl (C=O) groups excluding carboxylic acids is 1. The largest absolute Gasteiger partial charge is 0.380 e. The number of hydrogen-bond donors (Lipinski definition) is 2. The van der Waals surface area contributed by atoms with Crippen LogP contribution in [-0.2, 0) is 9.53 Å². The lowest BCUT2D eigenvalue weighted by Crippen LogP contribution is -2.42. The van der Waals surface area contributed by atoms with Gasteiger partial charge >= 0.3 is 0 Å². The van der Waals surface area contributed by atoms with Crippen LogP contribution in [0.2, 0.25) is 0 Å². The first-order chi connectivity index (χ1) is 7.57. The van der Waals surface area contributed by atoms with E-state index < -0.39 is 6.04 Å². The summed E-state index contributed by atoms with van der Waals surface area (Å²) in [7, 11) is 0. The predicted octanol–water partition coefficient (Wildman–Crippen LogP) is 1.29. The summed E-state index contributed by atoms with van der Waals surface area (Å²) in [5.74, 6) is 0.370. The summed E-state index contributed by atoms with van der Waals surface area (Å²) in [5, 5.41) is 2.78. The summed E-state index contributed by atoms with van der Waals surface area (Å²) in [6, 6.07) is -0.393. The average Bonchev–Trinajstić information content (AvgIpc) is 2.21. The van der Waals surface area contributed by atoms with Crippen LogP contribution >= 0.6 is 0 Å². The maximum atomic E-state index is 11.5. The molecule has 0 spiro atoms. The lowest BCUT2D eigenvalue weighted by molar-refractivity contribution is -0.122. The number of nitrogens with one attached hydrogen (secondary N) is 1. The Morgan fingerprint density at radius 3 is 2.62 bits per heavy atom. The van der Waals surface area contributed by atoms with Crippen molar-refractivity contribution in [2.75, 3.05) is 19.8 Å². The van der Waals surface area contributed by atoms with Gasteiger partial charge in [0.05, 0.1) is 12.6 Å². The van der Waals surface area contributed by atoms with Gasteiger partial charge < -0.3 is 15.8 Å². The molecule has 1 amide bonds. The van der Waals surface area contributed by atoms with Gasteiger partial charge in [0.2, 0.25) is 5.91 Å². The summed E-state index contributed by atoms with van der Waals surface area (Å²) in [6.45, 7) is 8.12. The fourth-order valence-corrected chi connectivity index (χ4v) is 1.34. The van der Waals surface area contributed by atoms with E-state index in [0.717, 1.165) is 25.9 Å². The number of hydrogen-bond acceptors (Lipinski definition) is 3. The van der Waals surface area contributed by atoms with Crippen molar-refractivity contribution in [3.63, 3.8) is 0 Å². The first-order valence-corrected chi connectivity index (χ1v) is 6.19. The van der Waals surface area contributed by atoms with E-state index in [0.29, 0.717) is 19.1 Å². The second-order valence-corrected chi connectivity index (χ2v) is 4.49. The number of carbonyl (C=O) groups is 1. The molecule has 16 heavy (non-hydrogen) atoms. The second-order valence-electron chi connectivity index (χ2n) is 4.49.